The zero-order valence-corrected chi connectivity index (χ0v) is 27.7. The fraction of sp³-hybridized carbons (Fsp3) is 0.649. The number of unbranched alkanes of at least 4 members (excludes halogenated alkanes) is 13. The second-order valence-corrected chi connectivity index (χ2v) is 12.8. The van der Waals surface area contributed by atoms with Crippen molar-refractivity contribution >= 4 is 11.8 Å². The van der Waals surface area contributed by atoms with E-state index in [0.717, 1.165) is 30.0 Å². The van der Waals surface area contributed by atoms with E-state index in [-0.39, 0.29) is 23.8 Å². The minimum Gasteiger partial charge on any atom is -0.493 e. The topological polar surface area (TPSA) is 50.5 Å². The summed E-state index contributed by atoms with van der Waals surface area (Å²) in [5, 5.41) is 0. The predicted octanol–water partition coefficient (Wildman–Crippen LogP) is 9.34. The van der Waals surface area contributed by atoms with Gasteiger partial charge in [-0.2, -0.15) is 0 Å². The summed E-state index contributed by atoms with van der Waals surface area (Å²) in [5.41, 5.74) is 2.23. The van der Waals surface area contributed by atoms with Crippen LogP contribution in [0.25, 0.3) is 0 Å². The van der Waals surface area contributed by atoms with Crippen LogP contribution in [0.3, 0.4) is 0 Å². The number of benzene rings is 1. The molecule has 1 heterocycles. The van der Waals surface area contributed by atoms with Crippen LogP contribution in [0.5, 0.6) is 5.75 Å². The third-order valence-electron chi connectivity index (χ3n) is 8.11. The van der Waals surface area contributed by atoms with Gasteiger partial charge in [0.25, 0.3) is 5.91 Å². The monoisotopic (exact) mass is 579 g/mol. The summed E-state index contributed by atoms with van der Waals surface area (Å²) in [5.74, 6) is 0.287. The molecule has 234 valence electrons. The van der Waals surface area contributed by atoms with E-state index in [1.165, 1.54) is 95.3 Å². The van der Waals surface area contributed by atoms with Crippen LogP contribution in [0.4, 0.5) is 0 Å². The molecule has 42 heavy (non-hydrogen) atoms. The molecule has 0 fully saturated rings. The van der Waals surface area contributed by atoms with Gasteiger partial charge in [-0.15, -0.1) is 0 Å². The maximum Gasteiger partial charge on any atom is 0.260 e. The Kier molecular flexibility index (Phi) is 16.5. The first kappa shape index (κ1) is 35.5. The molecule has 0 saturated carbocycles. The third kappa shape index (κ3) is 12.7. The summed E-state index contributed by atoms with van der Waals surface area (Å²) >= 11 is 0. The second kappa shape index (κ2) is 19.5. The molecule has 5 heteroatoms. The van der Waals surface area contributed by atoms with Crippen molar-refractivity contribution in [1.82, 2.24) is 4.90 Å². The zero-order valence-electron chi connectivity index (χ0n) is 27.7. The number of rotatable bonds is 20. The van der Waals surface area contributed by atoms with Gasteiger partial charge in [-0.25, -0.2) is 4.57 Å². The van der Waals surface area contributed by atoms with Gasteiger partial charge in [-0.3, -0.25) is 14.5 Å². The average molecular weight is 580 g/mol. The Morgan fingerprint density at radius 1 is 0.786 bits per heavy atom. The molecule has 0 aliphatic rings. The number of ether oxygens (including phenoxy) is 1. The number of carbonyl (C=O) groups excluding carboxylic acids is 2. The second-order valence-electron chi connectivity index (χ2n) is 12.8. The van der Waals surface area contributed by atoms with Gasteiger partial charge < -0.3 is 4.74 Å². The van der Waals surface area contributed by atoms with Gasteiger partial charge in [0.15, 0.2) is 6.20 Å². The van der Waals surface area contributed by atoms with Crippen molar-refractivity contribution in [3.05, 3.63) is 59.4 Å². The normalized spacial score (nSPS) is 11.5. The van der Waals surface area contributed by atoms with E-state index in [4.69, 9.17) is 4.74 Å². The van der Waals surface area contributed by atoms with E-state index in [9.17, 15) is 9.59 Å². The van der Waals surface area contributed by atoms with Crippen molar-refractivity contribution in [1.29, 1.82) is 0 Å². The van der Waals surface area contributed by atoms with Crippen LogP contribution in [0, 0.1) is 0 Å². The lowest BCUT2D eigenvalue weighted by Gasteiger charge is -2.25. The van der Waals surface area contributed by atoms with E-state index < -0.39 is 0 Å². The fourth-order valence-electron chi connectivity index (χ4n) is 5.46. The van der Waals surface area contributed by atoms with Crippen molar-refractivity contribution < 1.29 is 18.9 Å². The first-order chi connectivity index (χ1) is 20.2. The predicted molar refractivity (Wildman–Crippen MR) is 174 cm³/mol. The third-order valence-corrected chi connectivity index (χ3v) is 8.11. The van der Waals surface area contributed by atoms with Gasteiger partial charge in [0.05, 0.1) is 6.61 Å². The summed E-state index contributed by atoms with van der Waals surface area (Å²) in [7, 11) is 0. The maximum absolute atomic E-state index is 13.5. The molecule has 2 amide bonds. The van der Waals surface area contributed by atoms with E-state index in [0.29, 0.717) is 12.2 Å². The molecular formula is C37H59N2O3+. The number of amides is 2. The fourth-order valence-corrected chi connectivity index (χ4v) is 5.46. The maximum atomic E-state index is 13.5. The Labute approximate surface area is 257 Å². The molecule has 1 aromatic carbocycles. The SMILES string of the molecule is CCCCCCCCCCCCCCCCOc1ccc(C(=O)N(Cc2cccc[n+]2CC)C(C)=O)cc1C(C)(C)C. The summed E-state index contributed by atoms with van der Waals surface area (Å²) in [6.07, 6.45) is 20.7. The molecule has 0 radical (unpaired) electrons. The molecule has 0 aliphatic heterocycles. The Bertz CT molecular complexity index is 1070. The molecule has 0 bridgehead atoms. The number of aromatic nitrogens is 1. The molecule has 0 N–H and O–H groups in total. The van der Waals surface area contributed by atoms with E-state index in [2.05, 4.69) is 39.2 Å². The largest absolute Gasteiger partial charge is 0.493 e. The molecule has 0 saturated heterocycles. The quantitative estimate of drug-likeness (QED) is 0.116. The minimum absolute atomic E-state index is 0.202. The standard InChI is InChI=1S/C37H59N2O3/c1-7-9-10-11-12-13-14-15-16-17-18-19-20-23-28-42-35-26-25-32(29-34(35)37(4,5)6)36(41)39(31(3)40)30-33-24-21-22-27-38(33)8-2/h21-22,24-27,29H,7-20,23,28,30H2,1-6H3/q+1. The van der Waals surface area contributed by atoms with Gasteiger partial charge in [0.1, 0.15) is 18.8 Å². The first-order valence-corrected chi connectivity index (χ1v) is 16.8. The van der Waals surface area contributed by atoms with Gasteiger partial charge in [-0.1, -0.05) is 117 Å². The Hall–Kier alpha value is -2.69. The minimum atomic E-state index is -0.280. The lowest BCUT2D eigenvalue weighted by Crippen LogP contribution is -2.43. The van der Waals surface area contributed by atoms with E-state index in [1.807, 2.05) is 36.5 Å². The first-order valence-electron chi connectivity index (χ1n) is 16.8. The highest BCUT2D eigenvalue weighted by Crippen LogP contribution is 2.33. The number of pyridine rings is 1. The Morgan fingerprint density at radius 3 is 1.88 bits per heavy atom. The lowest BCUT2D eigenvalue weighted by atomic mass is 9.85. The number of hydrogen-bond acceptors (Lipinski definition) is 3. The van der Waals surface area contributed by atoms with Crippen LogP contribution in [0.1, 0.15) is 153 Å². The van der Waals surface area contributed by atoms with Crippen LogP contribution >= 0.6 is 0 Å². The van der Waals surface area contributed by atoms with Gasteiger partial charge in [0, 0.05) is 30.2 Å². The molecule has 5 nitrogen and oxygen atoms in total. The molecule has 0 spiro atoms. The Morgan fingerprint density at radius 2 is 1.36 bits per heavy atom. The molecular weight excluding hydrogens is 520 g/mol. The number of aryl methyl sites for hydroxylation is 1. The molecule has 2 aromatic rings. The van der Waals surface area contributed by atoms with Gasteiger partial charge in [-0.05, 0) is 37.0 Å². The highest BCUT2D eigenvalue weighted by atomic mass is 16.5. The number of hydrogen-bond donors (Lipinski definition) is 0. The van der Waals surface area contributed by atoms with Crippen LogP contribution in [0.15, 0.2) is 42.6 Å². The number of imide groups is 1. The lowest BCUT2D eigenvalue weighted by molar-refractivity contribution is -0.701. The summed E-state index contributed by atoms with van der Waals surface area (Å²) in [4.78, 5) is 27.4. The van der Waals surface area contributed by atoms with Gasteiger partial charge in [0.2, 0.25) is 11.6 Å². The van der Waals surface area contributed by atoms with Crippen molar-refractivity contribution in [2.24, 2.45) is 0 Å². The highest BCUT2D eigenvalue weighted by molar-refractivity contribution is 6.04. The molecule has 0 aliphatic carbocycles. The molecule has 2 rings (SSSR count). The summed E-state index contributed by atoms with van der Waals surface area (Å²) < 4.78 is 8.30. The summed E-state index contributed by atoms with van der Waals surface area (Å²) in [6, 6.07) is 11.5. The van der Waals surface area contributed by atoms with Crippen molar-refractivity contribution in [3.8, 4) is 5.75 Å². The van der Waals surface area contributed by atoms with E-state index in [1.54, 1.807) is 6.07 Å². The van der Waals surface area contributed by atoms with Crippen molar-refractivity contribution in [2.45, 2.75) is 150 Å². The number of nitrogens with zero attached hydrogens (tertiary/aromatic N) is 2. The average Bonchev–Trinajstić information content (AvgIpc) is 2.97. The zero-order chi connectivity index (χ0) is 30.8. The molecule has 1 aromatic heterocycles. The van der Waals surface area contributed by atoms with Crippen LogP contribution in [0.2, 0.25) is 0 Å². The van der Waals surface area contributed by atoms with Crippen molar-refractivity contribution in [2.75, 3.05) is 6.61 Å². The van der Waals surface area contributed by atoms with Crippen LogP contribution < -0.4 is 9.30 Å². The Balaban J connectivity index is 1.83. The molecule has 0 unspecified atom stereocenters. The van der Waals surface area contributed by atoms with Gasteiger partial charge >= 0.3 is 0 Å². The smallest absolute Gasteiger partial charge is 0.260 e. The van der Waals surface area contributed by atoms with Crippen molar-refractivity contribution in [3.63, 3.8) is 0 Å². The van der Waals surface area contributed by atoms with E-state index >= 15 is 0 Å². The molecule has 0 atom stereocenters. The number of carbonyl (C=O) groups is 2. The van der Waals surface area contributed by atoms with Crippen LogP contribution in [-0.4, -0.2) is 23.3 Å². The van der Waals surface area contributed by atoms with Crippen LogP contribution in [-0.2, 0) is 23.3 Å². The highest BCUT2D eigenvalue weighted by Gasteiger charge is 2.27. The summed E-state index contributed by atoms with van der Waals surface area (Å²) in [6.45, 7) is 13.9.